The molecule has 0 unspecified atom stereocenters. The summed E-state index contributed by atoms with van der Waals surface area (Å²) in [5, 5.41) is 26.6. The van der Waals surface area contributed by atoms with Gasteiger partial charge in [0, 0.05) is 11.5 Å². The van der Waals surface area contributed by atoms with E-state index in [0.717, 1.165) is 12.1 Å². The molecule has 1 heterocycles. The lowest BCUT2D eigenvalue weighted by molar-refractivity contribution is -0.393. The van der Waals surface area contributed by atoms with E-state index < -0.39 is 26.8 Å². The molecule has 1 N–H and O–H groups in total. The van der Waals surface area contributed by atoms with Crippen LogP contribution in [0.5, 0.6) is 5.75 Å². The van der Waals surface area contributed by atoms with Gasteiger partial charge in [-0.25, -0.2) is 4.79 Å². The zero-order valence-electron chi connectivity index (χ0n) is 15.2. The number of hydrogen-bond donors (Lipinski definition) is 1. The van der Waals surface area contributed by atoms with Crippen molar-refractivity contribution in [3.05, 3.63) is 78.7 Å². The van der Waals surface area contributed by atoms with E-state index in [4.69, 9.17) is 9.15 Å². The van der Waals surface area contributed by atoms with Crippen molar-refractivity contribution in [3.8, 4) is 5.75 Å². The molecule has 0 saturated carbocycles. The fraction of sp³-hybridized carbons (Fsp3) is 0.111. The Bertz CT molecular complexity index is 1220. The van der Waals surface area contributed by atoms with Crippen LogP contribution in [0.2, 0.25) is 0 Å². The lowest BCUT2D eigenvalue weighted by Crippen LogP contribution is -2.13. The number of nitrogens with one attached hydrogen (secondary N) is 1. The summed E-state index contributed by atoms with van der Waals surface area (Å²) in [5.41, 5.74) is 1.44. The molecule has 3 rings (SSSR count). The molecule has 3 aromatic rings. The molecule has 2 aromatic carbocycles. The van der Waals surface area contributed by atoms with Gasteiger partial charge >= 0.3 is 11.3 Å². The van der Waals surface area contributed by atoms with Crippen LogP contribution < -0.4 is 15.8 Å². The molecule has 1 aromatic heterocycles. The van der Waals surface area contributed by atoms with Gasteiger partial charge in [-0.3, -0.25) is 25.7 Å². The molecule has 0 saturated heterocycles. The number of hydrogen-bond acceptors (Lipinski definition) is 9. The number of hydrazone groups is 1. The summed E-state index contributed by atoms with van der Waals surface area (Å²) in [7, 11) is 1.45. The minimum absolute atomic E-state index is 0.0632. The molecule has 0 amide bonds. The molecule has 0 radical (unpaired) electrons. The van der Waals surface area contributed by atoms with E-state index >= 15 is 0 Å². The first kappa shape index (κ1) is 19.5. The maximum atomic E-state index is 12.3. The van der Waals surface area contributed by atoms with E-state index in [2.05, 4.69) is 10.5 Å². The number of rotatable bonds is 6. The molecular weight excluding hydrogens is 384 g/mol. The molecule has 0 atom stereocenters. The first-order chi connectivity index (χ1) is 13.8. The number of ether oxygens (including phenoxy) is 1. The number of para-hydroxylation sites is 1. The number of fused-ring (bicyclic) bond motifs is 1. The Morgan fingerprint density at radius 2 is 1.90 bits per heavy atom. The average Bonchev–Trinajstić information content (AvgIpc) is 2.70. The number of methoxy groups -OCH3 is 1. The number of nitro groups is 2. The van der Waals surface area contributed by atoms with Gasteiger partial charge in [0.2, 0.25) is 0 Å². The van der Waals surface area contributed by atoms with E-state index in [1.165, 1.54) is 20.1 Å². The zero-order chi connectivity index (χ0) is 21.1. The molecule has 0 bridgehead atoms. The summed E-state index contributed by atoms with van der Waals surface area (Å²) in [6, 6.07) is 9.78. The molecule has 11 nitrogen and oxygen atoms in total. The lowest BCUT2D eigenvalue weighted by Gasteiger charge is -2.06. The molecule has 0 aliphatic rings. The second-order valence-electron chi connectivity index (χ2n) is 5.85. The van der Waals surface area contributed by atoms with Crippen LogP contribution in [0.4, 0.5) is 17.1 Å². The quantitative estimate of drug-likeness (QED) is 0.287. The van der Waals surface area contributed by atoms with E-state index in [0.29, 0.717) is 11.1 Å². The Kier molecular flexibility index (Phi) is 5.21. The van der Waals surface area contributed by atoms with Crippen molar-refractivity contribution in [3.63, 3.8) is 0 Å². The number of nitrogens with zero attached hydrogens (tertiary/aromatic N) is 3. The Hall–Kier alpha value is -4.28. The maximum absolute atomic E-state index is 12.3. The highest BCUT2D eigenvalue weighted by atomic mass is 16.6. The molecule has 148 valence electrons. The third-order valence-electron chi connectivity index (χ3n) is 4.07. The summed E-state index contributed by atoms with van der Waals surface area (Å²) in [6.45, 7) is 1.52. The summed E-state index contributed by atoms with van der Waals surface area (Å²) >= 11 is 0. The van der Waals surface area contributed by atoms with Crippen molar-refractivity contribution in [2.75, 3.05) is 12.5 Å². The molecule has 0 spiro atoms. The highest BCUT2D eigenvalue weighted by Gasteiger charge is 2.19. The first-order valence-electron chi connectivity index (χ1n) is 8.16. The number of anilines is 1. The Morgan fingerprint density at radius 1 is 1.14 bits per heavy atom. The molecule has 11 heteroatoms. The van der Waals surface area contributed by atoms with Crippen LogP contribution in [-0.4, -0.2) is 22.7 Å². The zero-order valence-corrected chi connectivity index (χ0v) is 15.2. The Balaban J connectivity index is 1.98. The van der Waals surface area contributed by atoms with E-state index in [1.54, 1.807) is 24.3 Å². The van der Waals surface area contributed by atoms with Crippen molar-refractivity contribution in [2.24, 2.45) is 5.10 Å². The molecule has 0 aliphatic heterocycles. The van der Waals surface area contributed by atoms with Crippen molar-refractivity contribution in [1.29, 1.82) is 0 Å². The molecule has 0 aliphatic carbocycles. The van der Waals surface area contributed by atoms with Gasteiger partial charge in [0.05, 0.1) is 34.3 Å². The Morgan fingerprint density at radius 3 is 2.55 bits per heavy atom. The van der Waals surface area contributed by atoms with Crippen molar-refractivity contribution in [1.82, 2.24) is 0 Å². The van der Waals surface area contributed by atoms with Gasteiger partial charge in [0.15, 0.2) is 11.3 Å². The summed E-state index contributed by atoms with van der Waals surface area (Å²) in [5.74, 6) is 0.403. The van der Waals surface area contributed by atoms with E-state index in [1.807, 2.05) is 0 Å². The normalized spacial score (nSPS) is 11.3. The second-order valence-corrected chi connectivity index (χ2v) is 5.85. The van der Waals surface area contributed by atoms with Gasteiger partial charge in [-0.2, -0.15) is 5.10 Å². The van der Waals surface area contributed by atoms with Gasteiger partial charge in [0.25, 0.3) is 5.69 Å². The van der Waals surface area contributed by atoms with E-state index in [-0.39, 0.29) is 22.5 Å². The van der Waals surface area contributed by atoms with Crippen LogP contribution in [0.1, 0.15) is 12.5 Å². The van der Waals surface area contributed by atoms with Gasteiger partial charge in [0.1, 0.15) is 5.69 Å². The minimum atomic E-state index is -0.767. The fourth-order valence-corrected chi connectivity index (χ4v) is 2.61. The fourth-order valence-electron chi connectivity index (χ4n) is 2.61. The summed E-state index contributed by atoms with van der Waals surface area (Å²) < 4.78 is 10.5. The number of benzene rings is 2. The predicted molar refractivity (Wildman–Crippen MR) is 105 cm³/mol. The number of non-ortho nitro benzene ring substituents is 1. The standard InChI is InChI=1S/C18H14N4O7/c1-10(13-8-11-4-3-5-16(28-2)17(11)29-18(13)23)19-20-14-7-6-12(21(24)25)9-15(14)22(26)27/h3-9,20H,1-2H3. The van der Waals surface area contributed by atoms with Crippen molar-refractivity contribution >= 4 is 33.7 Å². The predicted octanol–water partition coefficient (Wildman–Crippen LogP) is 3.45. The van der Waals surface area contributed by atoms with Gasteiger partial charge < -0.3 is 9.15 Å². The molecule has 29 heavy (non-hydrogen) atoms. The smallest absolute Gasteiger partial charge is 0.345 e. The first-order valence-corrected chi connectivity index (χ1v) is 8.16. The SMILES string of the molecule is COc1cccc2cc(C(C)=NNc3ccc([N+](=O)[O-])cc3[N+](=O)[O-])c(=O)oc12. The monoisotopic (exact) mass is 398 g/mol. The number of nitro benzene ring substituents is 2. The third-order valence-corrected chi connectivity index (χ3v) is 4.07. The van der Waals surface area contributed by atoms with Crippen LogP contribution in [0.3, 0.4) is 0 Å². The van der Waals surface area contributed by atoms with E-state index in [9.17, 15) is 25.0 Å². The highest BCUT2D eigenvalue weighted by molar-refractivity contribution is 6.01. The lowest BCUT2D eigenvalue weighted by atomic mass is 10.1. The van der Waals surface area contributed by atoms with Crippen LogP contribution in [0.25, 0.3) is 11.0 Å². The summed E-state index contributed by atoms with van der Waals surface area (Å²) in [4.78, 5) is 32.8. The Labute approximate surface area is 162 Å². The maximum Gasteiger partial charge on any atom is 0.345 e. The largest absolute Gasteiger partial charge is 0.493 e. The minimum Gasteiger partial charge on any atom is -0.493 e. The third kappa shape index (κ3) is 3.88. The van der Waals surface area contributed by atoms with Crippen LogP contribution in [0.15, 0.2) is 56.8 Å². The van der Waals surface area contributed by atoms with Crippen molar-refractivity contribution < 1.29 is 19.0 Å². The second kappa shape index (κ2) is 7.76. The van der Waals surface area contributed by atoms with Gasteiger partial charge in [-0.15, -0.1) is 0 Å². The summed E-state index contributed by atoms with van der Waals surface area (Å²) in [6.07, 6.45) is 0. The molecule has 0 fully saturated rings. The van der Waals surface area contributed by atoms with Crippen LogP contribution in [0, 0.1) is 20.2 Å². The van der Waals surface area contributed by atoms with Crippen LogP contribution >= 0.6 is 0 Å². The van der Waals surface area contributed by atoms with Crippen LogP contribution in [-0.2, 0) is 0 Å². The van der Waals surface area contributed by atoms with Gasteiger partial charge in [-0.1, -0.05) is 12.1 Å². The highest BCUT2D eigenvalue weighted by Crippen LogP contribution is 2.29. The topological polar surface area (TPSA) is 150 Å². The average molecular weight is 398 g/mol. The van der Waals surface area contributed by atoms with Gasteiger partial charge in [-0.05, 0) is 25.1 Å². The van der Waals surface area contributed by atoms with Crippen molar-refractivity contribution in [2.45, 2.75) is 6.92 Å². The molecular formula is C18H14N4O7.